The van der Waals surface area contributed by atoms with Crippen LogP contribution >= 0.6 is 31.9 Å². The van der Waals surface area contributed by atoms with Crippen molar-refractivity contribution in [2.24, 2.45) is 0 Å². The standard InChI is InChI=1S/C14H10Br2N2O2/c1-2-5-17-12(19)8-20-14-11(16)7-10(15)9-4-3-6-18-13(9)14/h1,3-4,6-7H,5,8H2,(H,17,19). The molecule has 102 valence electrons. The van der Waals surface area contributed by atoms with E-state index in [1.807, 2.05) is 18.2 Å². The van der Waals surface area contributed by atoms with E-state index in [1.54, 1.807) is 6.20 Å². The van der Waals surface area contributed by atoms with Crippen molar-refractivity contribution in [1.82, 2.24) is 10.3 Å². The number of terminal acetylenes is 1. The number of pyridine rings is 1. The molecule has 6 heteroatoms. The highest BCUT2D eigenvalue weighted by Crippen LogP contribution is 2.37. The second kappa shape index (κ2) is 6.73. The molecule has 1 aromatic carbocycles. The van der Waals surface area contributed by atoms with Crippen LogP contribution in [0.1, 0.15) is 0 Å². The number of aromatic nitrogens is 1. The molecule has 1 amide bonds. The van der Waals surface area contributed by atoms with Gasteiger partial charge in [-0.3, -0.25) is 9.78 Å². The Morgan fingerprint density at radius 2 is 2.25 bits per heavy atom. The summed E-state index contributed by atoms with van der Waals surface area (Å²) in [6, 6.07) is 5.62. The number of hydrogen-bond acceptors (Lipinski definition) is 3. The SMILES string of the molecule is C#CCNC(=O)COc1c(Br)cc(Br)c2cccnc12. The quantitative estimate of drug-likeness (QED) is 0.807. The van der Waals surface area contributed by atoms with Gasteiger partial charge in [-0.05, 0) is 28.1 Å². The molecule has 0 saturated heterocycles. The Morgan fingerprint density at radius 1 is 1.45 bits per heavy atom. The van der Waals surface area contributed by atoms with Gasteiger partial charge in [0, 0.05) is 16.1 Å². The number of rotatable bonds is 4. The number of ether oxygens (including phenoxy) is 1. The van der Waals surface area contributed by atoms with Crippen LogP contribution in [-0.4, -0.2) is 24.0 Å². The number of nitrogens with one attached hydrogen (secondary N) is 1. The second-order valence-electron chi connectivity index (χ2n) is 3.84. The van der Waals surface area contributed by atoms with E-state index in [0.29, 0.717) is 11.3 Å². The molecule has 0 radical (unpaired) electrons. The van der Waals surface area contributed by atoms with E-state index in [9.17, 15) is 4.79 Å². The predicted octanol–water partition coefficient (Wildman–Crippen LogP) is 2.89. The van der Waals surface area contributed by atoms with E-state index >= 15 is 0 Å². The van der Waals surface area contributed by atoms with Gasteiger partial charge in [0.1, 0.15) is 5.52 Å². The number of benzene rings is 1. The van der Waals surface area contributed by atoms with Crippen LogP contribution in [0.15, 0.2) is 33.3 Å². The Kier molecular flexibility index (Phi) is 4.99. The van der Waals surface area contributed by atoms with E-state index < -0.39 is 0 Å². The minimum Gasteiger partial charge on any atom is -0.480 e. The van der Waals surface area contributed by atoms with Crippen LogP contribution in [0.25, 0.3) is 10.9 Å². The summed E-state index contributed by atoms with van der Waals surface area (Å²) in [7, 11) is 0. The van der Waals surface area contributed by atoms with E-state index in [2.05, 4.69) is 48.1 Å². The third-order valence-corrected chi connectivity index (χ3v) is 3.73. The Balaban J connectivity index is 2.26. The maximum atomic E-state index is 11.5. The van der Waals surface area contributed by atoms with Crippen LogP contribution in [0.5, 0.6) is 5.75 Å². The highest BCUT2D eigenvalue weighted by molar-refractivity contribution is 9.11. The third kappa shape index (κ3) is 3.30. The van der Waals surface area contributed by atoms with E-state index in [0.717, 1.165) is 14.3 Å². The van der Waals surface area contributed by atoms with E-state index in [-0.39, 0.29) is 19.1 Å². The van der Waals surface area contributed by atoms with Gasteiger partial charge in [-0.2, -0.15) is 0 Å². The monoisotopic (exact) mass is 396 g/mol. The zero-order valence-electron chi connectivity index (χ0n) is 10.3. The largest absolute Gasteiger partial charge is 0.480 e. The fraction of sp³-hybridized carbons (Fsp3) is 0.143. The molecule has 0 aliphatic carbocycles. The smallest absolute Gasteiger partial charge is 0.258 e. The number of fused-ring (bicyclic) bond motifs is 1. The van der Waals surface area contributed by atoms with Crippen molar-refractivity contribution in [2.75, 3.05) is 13.2 Å². The number of carbonyl (C=O) groups excluding carboxylic acids is 1. The fourth-order valence-electron chi connectivity index (χ4n) is 1.62. The summed E-state index contributed by atoms with van der Waals surface area (Å²) in [6.07, 6.45) is 6.74. The van der Waals surface area contributed by atoms with Gasteiger partial charge >= 0.3 is 0 Å². The van der Waals surface area contributed by atoms with Gasteiger partial charge in [0.05, 0.1) is 11.0 Å². The Bertz CT molecular complexity index is 695. The van der Waals surface area contributed by atoms with Gasteiger partial charge in [-0.1, -0.05) is 27.9 Å². The molecule has 0 saturated carbocycles. The Hall–Kier alpha value is -1.58. The number of halogens is 2. The van der Waals surface area contributed by atoms with Gasteiger partial charge in [-0.25, -0.2) is 0 Å². The average molecular weight is 398 g/mol. The molecular weight excluding hydrogens is 388 g/mol. The van der Waals surface area contributed by atoms with Crippen LogP contribution in [0.2, 0.25) is 0 Å². The summed E-state index contributed by atoms with van der Waals surface area (Å²) in [5, 5.41) is 3.45. The van der Waals surface area contributed by atoms with Gasteiger partial charge in [0.2, 0.25) is 0 Å². The highest BCUT2D eigenvalue weighted by atomic mass is 79.9. The first-order chi connectivity index (χ1) is 9.63. The van der Waals surface area contributed by atoms with Gasteiger partial charge in [-0.15, -0.1) is 6.42 Å². The summed E-state index contributed by atoms with van der Waals surface area (Å²) >= 11 is 6.88. The second-order valence-corrected chi connectivity index (χ2v) is 5.55. The van der Waals surface area contributed by atoms with Crippen molar-refractivity contribution in [3.63, 3.8) is 0 Å². The lowest BCUT2D eigenvalue weighted by atomic mass is 10.2. The molecule has 0 aliphatic rings. The lowest BCUT2D eigenvalue weighted by Crippen LogP contribution is -2.29. The maximum Gasteiger partial charge on any atom is 0.258 e. The van der Waals surface area contributed by atoms with Crippen molar-refractivity contribution >= 4 is 48.7 Å². The third-order valence-electron chi connectivity index (χ3n) is 2.49. The van der Waals surface area contributed by atoms with Crippen molar-refractivity contribution in [1.29, 1.82) is 0 Å². The summed E-state index contributed by atoms with van der Waals surface area (Å²) in [5.74, 6) is 2.58. The molecule has 0 bridgehead atoms. The normalized spacial score (nSPS) is 10.1. The first-order valence-electron chi connectivity index (χ1n) is 5.69. The molecule has 1 N–H and O–H groups in total. The van der Waals surface area contributed by atoms with Crippen molar-refractivity contribution in [3.05, 3.63) is 33.3 Å². The summed E-state index contributed by atoms with van der Waals surface area (Å²) in [5.41, 5.74) is 0.679. The molecule has 0 spiro atoms. The Labute approximate surface area is 133 Å². The molecule has 4 nitrogen and oxygen atoms in total. The average Bonchev–Trinajstić information content (AvgIpc) is 2.45. The molecule has 0 atom stereocenters. The lowest BCUT2D eigenvalue weighted by molar-refractivity contribution is -0.122. The number of nitrogens with zero attached hydrogens (tertiary/aromatic N) is 1. The van der Waals surface area contributed by atoms with Crippen molar-refractivity contribution < 1.29 is 9.53 Å². The number of carbonyl (C=O) groups is 1. The molecule has 1 aromatic heterocycles. The molecule has 2 aromatic rings. The summed E-state index contributed by atoms with van der Waals surface area (Å²) < 4.78 is 7.18. The maximum absolute atomic E-state index is 11.5. The zero-order chi connectivity index (χ0) is 14.5. The van der Waals surface area contributed by atoms with Gasteiger partial charge < -0.3 is 10.1 Å². The van der Waals surface area contributed by atoms with Crippen LogP contribution in [0.3, 0.4) is 0 Å². The molecule has 0 unspecified atom stereocenters. The number of amides is 1. The molecule has 1 heterocycles. The predicted molar refractivity (Wildman–Crippen MR) is 84.5 cm³/mol. The van der Waals surface area contributed by atoms with E-state index in [1.165, 1.54) is 0 Å². The summed E-state index contributed by atoms with van der Waals surface area (Å²) in [6.45, 7) is 0.0658. The van der Waals surface area contributed by atoms with Crippen LogP contribution < -0.4 is 10.1 Å². The van der Waals surface area contributed by atoms with Crippen molar-refractivity contribution in [3.8, 4) is 18.1 Å². The number of hydrogen-bond donors (Lipinski definition) is 1. The van der Waals surface area contributed by atoms with Crippen LogP contribution in [0, 0.1) is 12.3 Å². The lowest BCUT2D eigenvalue weighted by Gasteiger charge is -2.11. The van der Waals surface area contributed by atoms with Gasteiger partial charge in [0.25, 0.3) is 5.91 Å². The molecule has 0 aliphatic heterocycles. The fourth-order valence-corrected chi connectivity index (χ4v) is 3.01. The highest BCUT2D eigenvalue weighted by Gasteiger charge is 2.13. The summed E-state index contributed by atoms with van der Waals surface area (Å²) in [4.78, 5) is 15.8. The topological polar surface area (TPSA) is 51.2 Å². The zero-order valence-corrected chi connectivity index (χ0v) is 13.5. The molecule has 2 rings (SSSR count). The first-order valence-corrected chi connectivity index (χ1v) is 7.27. The van der Waals surface area contributed by atoms with Crippen molar-refractivity contribution in [2.45, 2.75) is 0 Å². The molecule has 0 fully saturated rings. The first kappa shape index (κ1) is 14.8. The minimum absolute atomic E-state index is 0.117. The van der Waals surface area contributed by atoms with Crippen LogP contribution in [-0.2, 0) is 4.79 Å². The van der Waals surface area contributed by atoms with Crippen LogP contribution in [0.4, 0.5) is 0 Å². The van der Waals surface area contributed by atoms with E-state index in [4.69, 9.17) is 11.2 Å². The molecule has 20 heavy (non-hydrogen) atoms. The minimum atomic E-state index is -0.276. The van der Waals surface area contributed by atoms with Gasteiger partial charge in [0.15, 0.2) is 12.4 Å². The molecular formula is C14H10Br2N2O2. The Morgan fingerprint density at radius 3 is 3.00 bits per heavy atom.